The van der Waals surface area contributed by atoms with Crippen molar-refractivity contribution in [1.82, 2.24) is 5.32 Å². The standard InChI is InChI=1S/C14H17F2N3O/c1-9(2)14(3,8-17)19-13(20)7-18-12-5-10(15)4-11(16)6-12/h4-6,9,18H,7H2,1-3H3,(H,19,20)/t14-/m0/s1. The Morgan fingerprint density at radius 1 is 1.35 bits per heavy atom. The van der Waals surface area contributed by atoms with Crippen LogP contribution >= 0.6 is 0 Å². The molecule has 0 saturated carbocycles. The second-order valence-electron chi connectivity index (χ2n) is 5.03. The lowest BCUT2D eigenvalue weighted by atomic mass is 9.90. The third-order valence-electron chi connectivity index (χ3n) is 3.10. The van der Waals surface area contributed by atoms with E-state index in [1.165, 1.54) is 0 Å². The van der Waals surface area contributed by atoms with Crippen LogP contribution in [0.15, 0.2) is 18.2 Å². The van der Waals surface area contributed by atoms with Gasteiger partial charge in [-0.25, -0.2) is 8.78 Å². The predicted molar refractivity (Wildman–Crippen MR) is 71.8 cm³/mol. The second kappa shape index (κ2) is 6.33. The highest BCUT2D eigenvalue weighted by molar-refractivity contribution is 5.81. The molecule has 0 aliphatic heterocycles. The molecule has 1 amide bonds. The van der Waals surface area contributed by atoms with Crippen molar-refractivity contribution in [3.8, 4) is 6.07 Å². The fourth-order valence-corrected chi connectivity index (χ4v) is 1.47. The van der Waals surface area contributed by atoms with Crippen LogP contribution < -0.4 is 10.6 Å². The van der Waals surface area contributed by atoms with Gasteiger partial charge in [0, 0.05) is 11.8 Å². The zero-order valence-corrected chi connectivity index (χ0v) is 11.6. The molecular formula is C14H17F2N3O. The molecule has 0 radical (unpaired) electrons. The zero-order chi connectivity index (χ0) is 15.3. The van der Waals surface area contributed by atoms with Crippen LogP contribution in [-0.2, 0) is 4.79 Å². The summed E-state index contributed by atoms with van der Waals surface area (Å²) in [5, 5.41) is 14.3. The van der Waals surface area contributed by atoms with Crippen molar-refractivity contribution in [3.63, 3.8) is 0 Å². The maximum atomic E-state index is 13.0. The molecule has 0 saturated heterocycles. The van der Waals surface area contributed by atoms with Gasteiger partial charge in [-0.05, 0) is 25.0 Å². The Morgan fingerprint density at radius 3 is 2.35 bits per heavy atom. The van der Waals surface area contributed by atoms with Gasteiger partial charge in [0.25, 0.3) is 0 Å². The number of rotatable bonds is 5. The zero-order valence-electron chi connectivity index (χ0n) is 11.6. The van der Waals surface area contributed by atoms with Crippen molar-refractivity contribution in [2.45, 2.75) is 26.3 Å². The molecule has 0 heterocycles. The van der Waals surface area contributed by atoms with E-state index in [0.717, 1.165) is 18.2 Å². The minimum Gasteiger partial charge on any atom is -0.376 e. The molecule has 0 spiro atoms. The summed E-state index contributed by atoms with van der Waals surface area (Å²) in [6.07, 6.45) is 0. The van der Waals surface area contributed by atoms with E-state index in [0.29, 0.717) is 0 Å². The van der Waals surface area contributed by atoms with Gasteiger partial charge in [0.05, 0.1) is 12.6 Å². The molecule has 1 aromatic rings. The van der Waals surface area contributed by atoms with Crippen molar-refractivity contribution in [3.05, 3.63) is 29.8 Å². The molecule has 1 aromatic carbocycles. The lowest BCUT2D eigenvalue weighted by Gasteiger charge is -2.27. The Balaban J connectivity index is 2.62. The Labute approximate surface area is 116 Å². The number of nitrogens with zero attached hydrogens (tertiary/aromatic N) is 1. The molecular weight excluding hydrogens is 264 g/mol. The summed E-state index contributed by atoms with van der Waals surface area (Å²) in [5.74, 6) is -1.94. The molecule has 20 heavy (non-hydrogen) atoms. The Bertz CT molecular complexity index is 519. The smallest absolute Gasteiger partial charge is 0.240 e. The Morgan fingerprint density at radius 2 is 1.90 bits per heavy atom. The Kier molecular flexibility index (Phi) is 5.03. The summed E-state index contributed by atoms with van der Waals surface area (Å²) < 4.78 is 25.9. The fraction of sp³-hybridized carbons (Fsp3) is 0.429. The topological polar surface area (TPSA) is 64.9 Å². The number of benzene rings is 1. The number of anilines is 1. The van der Waals surface area contributed by atoms with E-state index in [1.807, 2.05) is 19.9 Å². The minimum absolute atomic E-state index is 0.0666. The average Bonchev–Trinajstić information content (AvgIpc) is 2.35. The van der Waals surface area contributed by atoms with Gasteiger partial charge < -0.3 is 10.6 Å². The van der Waals surface area contributed by atoms with E-state index in [9.17, 15) is 13.6 Å². The van der Waals surface area contributed by atoms with Gasteiger partial charge in [0.1, 0.15) is 17.2 Å². The normalized spacial score (nSPS) is 13.4. The quantitative estimate of drug-likeness (QED) is 0.871. The van der Waals surface area contributed by atoms with Gasteiger partial charge in [-0.2, -0.15) is 5.26 Å². The average molecular weight is 281 g/mol. The van der Waals surface area contributed by atoms with Crippen molar-refractivity contribution >= 4 is 11.6 Å². The van der Waals surface area contributed by atoms with Crippen molar-refractivity contribution in [1.29, 1.82) is 5.26 Å². The van der Waals surface area contributed by atoms with E-state index < -0.39 is 23.1 Å². The van der Waals surface area contributed by atoms with E-state index in [1.54, 1.807) is 6.92 Å². The van der Waals surface area contributed by atoms with Gasteiger partial charge in [-0.15, -0.1) is 0 Å². The molecule has 0 bridgehead atoms. The lowest BCUT2D eigenvalue weighted by molar-refractivity contribution is -0.121. The van der Waals surface area contributed by atoms with Crippen LogP contribution in [0.3, 0.4) is 0 Å². The number of carbonyl (C=O) groups is 1. The highest BCUT2D eigenvalue weighted by Crippen LogP contribution is 2.15. The summed E-state index contributed by atoms with van der Waals surface area (Å²) in [5.41, 5.74) is -0.813. The number of hydrogen-bond acceptors (Lipinski definition) is 3. The van der Waals surface area contributed by atoms with Crippen molar-refractivity contribution in [2.24, 2.45) is 5.92 Å². The number of hydrogen-bond donors (Lipinski definition) is 2. The van der Waals surface area contributed by atoms with Gasteiger partial charge in [0.15, 0.2) is 0 Å². The molecule has 0 fully saturated rings. The van der Waals surface area contributed by atoms with Gasteiger partial charge in [0.2, 0.25) is 5.91 Å². The number of nitrogens with one attached hydrogen (secondary N) is 2. The van der Waals surface area contributed by atoms with Crippen LogP contribution in [0.2, 0.25) is 0 Å². The lowest BCUT2D eigenvalue weighted by Crippen LogP contribution is -2.50. The van der Waals surface area contributed by atoms with E-state index in [2.05, 4.69) is 10.6 Å². The van der Waals surface area contributed by atoms with E-state index >= 15 is 0 Å². The first kappa shape index (κ1) is 15.9. The summed E-state index contributed by atoms with van der Waals surface area (Å²) in [6.45, 7) is 5.09. The first-order valence-electron chi connectivity index (χ1n) is 6.19. The van der Waals surface area contributed by atoms with Crippen LogP contribution in [0.25, 0.3) is 0 Å². The van der Waals surface area contributed by atoms with Crippen LogP contribution in [0, 0.1) is 28.9 Å². The largest absolute Gasteiger partial charge is 0.376 e. The van der Waals surface area contributed by atoms with Crippen LogP contribution in [0.4, 0.5) is 14.5 Å². The molecule has 1 rings (SSSR count). The molecule has 4 nitrogen and oxygen atoms in total. The SMILES string of the molecule is CC(C)[C@](C)(C#N)NC(=O)CNc1cc(F)cc(F)c1. The predicted octanol–water partition coefficient (Wildman–Crippen LogP) is 2.43. The minimum atomic E-state index is -0.980. The number of carbonyl (C=O) groups excluding carboxylic acids is 1. The van der Waals surface area contributed by atoms with E-state index in [-0.39, 0.29) is 18.2 Å². The third-order valence-corrected chi connectivity index (χ3v) is 3.10. The monoisotopic (exact) mass is 281 g/mol. The molecule has 6 heteroatoms. The third kappa shape index (κ3) is 4.19. The van der Waals surface area contributed by atoms with Gasteiger partial charge in [-0.1, -0.05) is 13.8 Å². The van der Waals surface area contributed by atoms with Gasteiger partial charge >= 0.3 is 0 Å². The molecule has 2 N–H and O–H groups in total. The van der Waals surface area contributed by atoms with Crippen LogP contribution in [0.5, 0.6) is 0 Å². The maximum absolute atomic E-state index is 13.0. The van der Waals surface area contributed by atoms with Crippen molar-refractivity contribution in [2.75, 3.05) is 11.9 Å². The molecule has 1 atom stereocenters. The van der Waals surface area contributed by atoms with Crippen LogP contribution in [0.1, 0.15) is 20.8 Å². The summed E-state index contributed by atoms with van der Waals surface area (Å²) >= 11 is 0. The molecule has 0 aliphatic rings. The van der Waals surface area contributed by atoms with Crippen molar-refractivity contribution < 1.29 is 13.6 Å². The Hall–Kier alpha value is -2.16. The molecule has 0 aromatic heterocycles. The summed E-state index contributed by atoms with van der Waals surface area (Å²) in [4.78, 5) is 11.8. The fourth-order valence-electron chi connectivity index (χ4n) is 1.47. The second-order valence-corrected chi connectivity index (χ2v) is 5.03. The molecule has 0 unspecified atom stereocenters. The number of amides is 1. The van der Waals surface area contributed by atoms with Crippen LogP contribution in [-0.4, -0.2) is 18.0 Å². The first-order valence-corrected chi connectivity index (χ1v) is 6.19. The number of nitriles is 1. The molecule has 0 aliphatic carbocycles. The summed E-state index contributed by atoms with van der Waals surface area (Å²) in [6, 6.07) is 4.96. The first-order chi connectivity index (χ1) is 9.26. The van der Waals surface area contributed by atoms with Gasteiger partial charge in [-0.3, -0.25) is 4.79 Å². The van der Waals surface area contributed by atoms with E-state index in [4.69, 9.17) is 5.26 Å². The highest BCUT2D eigenvalue weighted by atomic mass is 19.1. The highest BCUT2D eigenvalue weighted by Gasteiger charge is 2.29. The molecule has 108 valence electrons. The number of halogens is 2. The summed E-state index contributed by atoms with van der Waals surface area (Å²) in [7, 11) is 0. The maximum Gasteiger partial charge on any atom is 0.240 e.